The van der Waals surface area contributed by atoms with Crippen molar-refractivity contribution in [2.24, 2.45) is 5.92 Å². The maximum absolute atomic E-state index is 11.3. The van der Waals surface area contributed by atoms with Gasteiger partial charge in [0.1, 0.15) is 0 Å². The molecular formula is C10H12O2. The molecule has 0 N–H and O–H groups in total. The average molecular weight is 164 g/mol. The lowest BCUT2D eigenvalue weighted by Crippen LogP contribution is -2.21. The molecule has 0 aromatic carbocycles. The first-order chi connectivity index (χ1) is 5.54. The molecule has 2 nitrogen and oxygen atoms in total. The van der Waals surface area contributed by atoms with Gasteiger partial charge in [-0.2, -0.15) is 0 Å². The second-order valence-corrected chi connectivity index (χ2v) is 3.28. The quantitative estimate of drug-likeness (QED) is 0.436. The Morgan fingerprint density at radius 1 is 1.17 bits per heavy atom. The van der Waals surface area contributed by atoms with Crippen LogP contribution in [-0.4, -0.2) is 11.6 Å². The first kappa shape index (κ1) is 8.91. The van der Waals surface area contributed by atoms with Crippen molar-refractivity contribution in [1.82, 2.24) is 0 Å². The third kappa shape index (κ3) is 1.37. The normalized spacial score (nSPS) is 18.0. The van der Waals surface area contributed by atoms with E-state index in [1.54, 1.807) is 6.08 Å². The minimum Gasteiger partial charge on any atom is -0.286 e. The van der Waals surface area contributed by atoms with Crippen molar-refractivity contribution in [3.63, 3.8) is 0 Å². The number of carbonyl (C=O) groups is 2. The highest BCUT2D eigenvalue weighted by Gasteiger charge is 2.23. The highest BCUT2D eigenvalue weighted by molar-refractivity contribution is 6.48. The molecule has 0 bridgehead atoms. The molecule has 0 saturated carbocycles. The molecule has 0 saturated heterocycles. The summed E-state index contributed by atoms with van der Waals surface area (Å²) in [5, 5.41) is 0. The molecule has 0 spiro atoms. The summed E-state index contributed by atoms with van der Waals surface area (Å²) in [5.74, 6) is -0.610. The molecule has 1 aliphatic rings. The maximum Gasteiger partial charge on any atom is 0.229 e. The minimum atomic E-state index is -0.399. The van der Waals surface area contributed by atoms with E-state index in [0.29, 0.717) is 5.57 Å². The Morgan fingerprint density at radius 3 is 2.17 bits per heavy atom. The molecule has 0 aromatic heterocycles. The van der Waals surface area contributed by atoms with E-state index in [2.05, 4.69) is 0 Å². The Morgan fingerprint density at radius 2 is 1.75 bits per heavy atom. The number of allylic oxidation sites excluding steroid dienone is 4. The summed E-state index contributed by atoms with van der Waals surface area (Å²) >= 11 is 0. The van der Waals surface area contributed by atoms with Gasteiger partial charge in [-0.15, -0.1) is 0 Å². The van der Waals surface area contributed by atoms with Crippen LogP contribution in [0, 0.1) is 5.92 Å². The Bertz CT molecular complexity index is 293. The number of ketones is 2. The summed E-state index contributed by atoms with van der Waals surface area (Å²) in [6.07, 6.45) is 3.04. The summed E-state index contributed by atoms with van der Waals surface area (Å²) in [5.41, 5.74) is 1.57. The summed E-state index contributed by atoms with van der Waals surface area (Å²) in [6, 6.07) is 0. The lowest BCUT2D eigenvalue weighted by molar-refractivity contribution is -0.132. The molecule has 0 aliphatic heterocycles. The molecule has 0 fully saturated rings. The van der Waals surface area contributed by atoms with Crippen molar-refractivity contribution in [3.05, 3.63) is 23.3 Å². The van der Waals surface area contributed by atoms with Gasteiger partial charge in [-0.05, 0) is 24.5 Å². The van der Waals surface area contributed by atoms with Crippen LogP contribution >= 0.6 is 0 Å². The van der Waals surface area contributed by atoms with Gasteiger partial charge in [0, 0.05) is 5.57 Å². The number of Topliss-reactive ketones (excluding diaryl/α,β-unsaturated/α-hetero) is 1. The Hall–Kier alpha value is -1.18. The van der Waals surface area contributed by atoms with E-state index < -0.39 is 5.78 Å². The molecule has 2 heteroatoms. The molecule has 0 atom stereocenters. The Kier molecular flexibility index (Phi) is 2.27. The molecule has 1 rings (SSSR count). The Balaban J connectivity index is 3.14. The van der Waals surface area contributed by atoms with Crippen LogP contribution in [0.5, 0.6) is 0 Å². The second kappa shape index (κ2) is 3.05. The van der Waals surface area contributed by atoms with Crippen LogP contribution in [0.3, 0.4) is 0 Å². The predicted octanol–water partition coefficient (Wildman–Crippen LogP) is 1.67. The fourth-order valence-electron chi connectivity index (χ4n) is 1.40. The van der Waals surface area contributed by atoms with Gasteiger partial charge in [0.2, 0.25) is 11.6 Å². The van der Waals surface area contributed by atoms with Crippen molar-refractivity contribution in [3.8, 4) is 0 Å². The van der Waals surface area contributed by atoms with E-state index in [9.17, 15) is 9.59 Å². The summed E-state index contributed by atoms with van der Waals surface area (Å²) in [7, 11) is 0. The van der Waals surface area contributed by atoms with Crippen molar-refractivity contribution < 1.29 is 9.59 Å². The van der Waals surface area contributed by atoms with Gasteiger partial charge in [0.05, 0.1) is 0 Å². The molecule has 0 heterocycles. The molecule has 12 heavy (non-hydrogen) atoms. The van der Waals surface area contributed by atoms with Crippen LogP contribution in [0.1, 0.15) is 20.8 Å². The van der Waals surface area contributed by atoms with Gasteiger partial charge >= 0.3 is 0 Å². The Labute approximate surface area is 72.0 Å². The minimum absolute atomic E-state index is 0.131. The van der Waals surface area contributed by atoms with Crippen LogP contribution in [0.15, 0.2) is 23.3 Å². The van der Waals surface area contributed by atoms with Gasteiger partial charge in [-0.25, -0.2) is 0 Å². The summed E-state index contributed by atoms with van der Waals surface area (Å²) < 4.78 is 0. The lowest BCUT2D eigenvalue weighted by atomic mass is 9.88. The molecule has 64 valence electrons. The van der Waals surface area contributed by atoms with Crippen molar-refractivity contribution >= 4 is 11.6 Å². The van der Waals surface area contributed by atoms with E-state index in [0.717, 1.165) is 5.57 Å². The molecular weight excluding hydrogens is 152 g/mol. The second-order valence-electron chi connectivity index (χ2n) is 3.28. The number of hydrogen-bond donors (Lipinski definition) is 0. The maximum atomic E-state index is 11.3. The zero-order chi connectivity index (χ0) is 9.30. The standard InChI is InChI=1S/C10H12O2/c1-6(2)9-7(3)4-5-8(11)10(9)12/h4-6H,1-3H3. The van der Waals surface area contributed by atoms with Gasteiger partial charge in [-0.1, -0.05) is 19.9 Å². The van der Waals surface area contributed by atoms with E-state index in [1.165, 1.54) is 6.08 Å². The predicted molar refractivity (Wildman–Crippen MR) is 46.7 cm³/mol. The monoisotopic (exact) mass is 164 g/mol. The summed E-state index contributed by atoms with van der Waals surface area (Å²) in [4.78, 5) is 22.3. The van der Waals surface area contributed by atoms with Crippen LogP contribution in [-0.2, 0) is 9.59 Å². The number of carbonyl (C=O) groups excluding carboxylic acids is 2. The molecule has 1 aliphatic carbocycles. The fourth-order valence-corrected chi connectivity index (χ4v) is 1.40. The van der Waals surface area contributed by atoms with Gasteiger partial charge < -0.3 is 0 Å². The van der Waals surface area contributed by atoms with E-state index in [-0.39, 0.29) is 11.7 Å². The molecule has 0 radical (unpaired) electrons. The molecule has 0 unspecified atom stereocenters. The van der Waals surface area contributed by atoms with Crippen molar-refractivity contribution in [1.29, 1.82) is 0 Å². The van der Waals surface area contributed by atoms with Crippen LogP contribution in [0.25, 0.3) is 0 Å². The van der Waals surface area contributed by atoms with Crippen LogP contribution < -0.4 is 0 Å². The van der Waals surface area contributed by atoms with E-state index >= 15 is 0 Å². The highest BCUT2D eigenvalue weighted by atomic mass is 16.2. The lowest BCUT2D eigenvalue weighted by Gasteiger charge is -2.13. The first-order valence-corrected chi connectivity index (χ1v) is 4.01. The zero-order valence-corrected chi connectivity index (χ0v) is 7.55. The van der Waals surface area contributed by atoms with E-state index in [4.69, 9.17) is 0 Å². The smallest absolute Gasteiger partial charge is 0.229 e. The fraction of sp³-hybridized carbons (Fsp3) is 0.400. The third-order valence-corrected chi connectivity index (χ3v) is 1.96. The highest BCUT2D eigenvalue weighted by Crippen LogP contribution is 2.20. The zero-order valence-electron chi connectivity index (χ0n) is 7.55. The van der Waals surface area contributed by atoms with Crippen molar-refractivity contribution in [2.75, 3.05) is 0 Å². The van der Waals surface area contributed by atoms with Crippen LogP contribution in [0.2, 0.25) is 0 Å². The van der Waals surface area contributed by atoms with Gasteiger partial charge in [-0.3, -0.25) is 9.59 Å². The number of hydrogen-bond acceptors (Lipinski definition) is 2. The van der Waals surface area contributed by atoms with Gasteiger partial charge in [0.25, 0.3) is 0 Å². The number of rotatable bonds is 1. The molecule has 0 aromatic rings. The van der Waals surface area contributed by atoms with Gasteiger partial charge in [0.15, 0.2) is 0 Å². The largest absolute Gasteiger partial charge is 0.286 e. The molecule has 0 amide bonds. The first-order valence-electron chi connectivity index (χ1n) is 4.01. The van der Waals surface area contributed by atoms with E-state index in [1.807, 2.05) is 20.8 Å². The van der Waals surface area contributed by atoms with Crippen molar-refractivity contribution in [2.45, 2.75) is 20.8 Å². The van der Waals surface area contributed by atoms with Crippen LogP contribution in [0.4, 0.5) is 0 Å². The average Bonchev–Trinajstić information content (AvgIpc) is 1.97. The summed E-state index contributed by atoms with van der Waals surface area (Å²) in [6.45, 7) is 5.70. The SMILES string of the molecule is CC1=C(C(C)C)C(=O)C(=O)C=C1. The third-order valence-electron chi connectivity index (χ3n) is 1.96. The topological polar surface area (TPSA) is 34.1 Å².